The summed E-state index contributed by atoms with van der Waals surface area (Å²) in [6.45, 7) is 1.71. The van der Waals surface area contributed by atoms with Crippen molar-refractivity contribution in [3.63, 3.8) is 0 Å². The van der Waals surface area contributed by atoms with Crippen molar-refractivity contribution >= 4 is 27.5 Å². The quantitative estimate of drug-likeness (QED) is 0.888. The topological polar surface area (TPSA) is 49.3 Å². The molecular formula is C14H12BrNO2. The van der Waals surface area contributed by atoms with E-state index in [9.17, 15) is 9.90 Å². The molecule has 0 spiro atoms. The Morgan fingerprint density at radius 2 is 1.89 bits per heavy atom. The molecule has 18 heavy (non-hydrogen) atoms. The Balaban J connectivity index is 2.28. The number of carbonyl (C=O) groups is 1. The van der Waals surface area contributed by atoms with Gasteiger partial charge in [0.25, 0.3) is 5.91 Å². The van der Waals surface area contributed by atoms with Gasteiger partial charge in [-0.2, -0.15) is 0 Å². The van der Waals surface area contributed by atoms with Gasteiger partial charge >= 0.3 is 0 Å². The van der Waals surface area contributed by atoms with Gasteiger partial charge in [0.05, 0.1) is 5.69 Å². The molecule has 0 fully saturated rings. The summed E-state index contributed by atoms with van der Waals surface area (Å²) in [7, 11) is 0. The highest BCUT2D eigenvalue weighted by Gasteiger charge is 2.12. The van der Waals surface area contributed by atoms with Crippen LogP contribution in [0.2, 0.25) is 0 Å². The first-order valence-corrected chi connectivity index (χ1v) is 6.23. The lowest BCUT2D eigenvalue weighted by atomic mass is 10.1. The molecule has 0 aromatic heterocycles. The summed E-state index contributed by atoms with van der Waals surface area (Å²) in [6.07, 6.45) is 0. The van der Waals surface area contributed by atoms with Crippen LogP contribution in [0.4, 0.5) is 5.69 Å². The van der Waals surface area contributed by atoms with Crippen LogP contribution in [-0.2, 0) is 0 Å². The number of aromatic hydroxyl groups is 1. The number of phenols is 1. The Bertz CT molecular complexity index is 596. The normalized spacial score (nSPS) is 10.1. The SMILES string of the molecule is Cc1c(O)cccc1C(=O)Nc1ccccc1Br. The summed E-state index contributed by atoms with van der Waals surface area (Å²) in [4.78, 5) is 12.1. The van der Waals surface area contributed by atoms with Gasteiger partial charge < -0.3 is 10.4 Å². The first kappa shape index (κ1) is 12.6. The summed E-state index contributed by atoms with van der Waals surface area (Å²) in [5.41, 5.74) is 1.73. The average molecular weight is 306 g/mol. The fraction of sp³-hybridized carbons (Fsp3) is 0.0714. The first-order valence-electron chi connectivity index (χ1n) is 5.44. The molecule has 1 amide bonds. The fourth-order valence-electron chi connectivity index (χ4n) is 1.62. The maximum Gasteiger partial charge on any atom is 0.256 e. The van der Waals surface area contributed by atoms with E-state index >= 15 is 0 Å². The second-order valence-corrected chi connectivity index (χ2v) is 4.74. The van der Waals surface area contributed by atoms with E-state index in [1.807, 2.05) is 18.2 Å². The number of phenolic OH excluding ortho intramolecular Hbond substituents is 1. The molecule has 0 saturated carbocycles. The van der Waals surface area contributed by atoms with E-state index in [0.29, 0.717) is 16.8 Å². The fourth-order valence-corrected chi connectivity index (χ4v) is 2.01. The Morgan fingerprint density at radius 1 is 1.17 bits per heavy atom. The predicted octanol–water partition coefficient (Wildman–Crippen LogP) is 3.72. The molecule has 0 aliphatic rings. The van der Waals surface area contributed by atoms with Crippen molar-refractivity contribution < 1.29 is 9.90 Å². The van der Waals surface area contributed by atoms with Crippen molar-refractivity contribution in [2.75, 3.05) is 5.32 Å². The molecular weight excluding hydrogens is 294 g/mol. The monoisotopic (exact) mass is 305 g/mol. The van der Waals surface area contributed by atoms with E-state index < -0.39 is 0 Å². The number of amides is 1. The molecule has 0 unspecified atom stereocenters. The molecule has 0 bridgehead atoms. The largest absolute Gasteiger partial charge is 0.508 e. The molecule has 2 aromatic carbocycles. The molecule has 3 nitrogen and oxygen atoms in total. The highest BCUT2D eigenvalue weighted by atomic mass is 79.9. The van der Waals surface area contributed by atoms with Gasteiger partial charge in [-0.1, -0.05) is 18.2 Å². The van der Waals surface area contributed by atoms with Crippen LogP contribution >= 0.6 is 15.9 Å². The number of anilines is 1. The minimum absolute atomic E-state index is 0.120. The van der Waals surface area contributed by atoms with Crippen LogP contribution in [0.15, 0.2) is 46.9 Å². The maximum atomic E-state index is 12.1. The van der Waals surface area contributed by atoms with Crippen LogP contribution in [0.25, 0.3) is 0 Å². The molecule has 2 aromatic rings. The smallest absolute Gasteiger partial charge is 0.256 e. The third kappa shape index (κ3) is 2.54. The van der Waals surface area contributed by atoms with Crippen molar-refractivity contribution in [1.29, 1.82) is 0 Å². The highest BCUT2D eigenvalue weighted by Crippen LogP contribution is 2.24. The van der Waals surface area contributed by atoms with E-state index in [4.69, 9.17) is 0 Å². The summed E-state index contributed by atoms with van der Waals surface area (Å²) in [6, 6.07) is 12.3. The van der Waals surface area contributed by atoms with Gasteiger partial charge in [0.15, 0.2) is 0 Å². The van der Waals surface area contributed by atoms with E-state index in [0.717, 1.165) is 4.47 Å². The zero-order valence-electron chi connectivity index (χ0n) is 9.77. The van der Waals surface area contributed by atoms with Gasteiger partial charge in [-0.25, -0.2) is 0 Å². The number of carbonyl (C=O) groups excluding carboxylic acids is 1. The average Bonchev–Trinajstić information content (AvgIpc) is 2.35. The molecule has 0 aliphatic carbocycles. The Hall–Kier alpha value is -1.81. The standard InChI is InChI=1S/C14H12BrNO2/c1-9-10(5-4-8-13(9)17)14(18)16-12-7-3-2-6-11(12)15/h2-8,17H,1H3,(H,16,18). The summed E-state index contributed by atoms with van der Waals surface area (Å²) in [5.74, 6) is -0.120. The van der Waals surface area contributed by atoms with Crippen molar-refractivity contribution in [1.82, 2.24) is 0 Å². The third-order valence-corrected chi connectivity index (χ3v) is 3.36. The van der Waals surface area contributed by atoms with Crippen molar-refractivity contribution in [2.45, 2.75) is 6.92 Å². The van der Waals surface area contributed by atoms with Crippen LogP contribution in [-0.4, -0.2) is 11.0 Å². The van der Waals surface area contributed by atoms with Crippen LogP contribution in [0, 0.1) is 6.92 Å². The van der Waals surface area contributed by atoms with Crippen LogP contribution in [0.3, 0.4) is 0 Å². The number of rotatable bonds is 2. The lowest BCUT2D eigenvalue weighted by Gasteiger charge is -2.09. The second-order valence-electron chi connectivity index (χ2n) is 3.88. The van der Waals surface area contributed by atoms with Gasteiger partial charge in [0.1, 0.15) is 5.75 Å². The second kappa shape index (κ2) is 5.23. The predicted molar refractivity (Wildman–Crippen MR) is 74.9 cm³/mol. The minimum Gasteiger partial charge on any atom is -0.508 e. The van der Waals surface area contributed by atoms with Crippen molar-refractivity contribution in [3.05, 3.63) is 58.1 Å². The lowest BCUT2D eigenvalue weighted by Crippen LogP contribution is -2.13. The van der Waals surface area contributed by atoms with Crippen molar-refractivity contribution in [3.8, 4) is 5.75 Å². The van der Waals surface area contributed by atoms with Crippen LogP contribution < -0.4 is 5.32 Å². The van der Waals surface area contributed by atoms with Crippen LogP contribution in [0.1, 0.15) is 15.9 Å². The number of para-hydroxylation sites is 1. The number of hydrogen-bond acceptors (Lipinski definition) is 2. The van der Waals surface area contributed by atoms with E-state index in [1.54, 1.807) is 31.2 Å². The molecule has 0 atom stereocenters. The summed E-state index contributed by atoms with van der Waals surface area (Å²) < 4.78 is 0.816. The maximum absolute atomic E-state index is 12.1. The zero-order chi connectivity index (χ0) is 13.1. The molecule has 0 radical (unpaired) electrons. The van der Waals surface area contributed by atoms with Gasteiger partial charge in [0.2, 0.25) is 0 Å². The molecule has 0 saturated heterocycles. The molecule has 2 N–H and O–H groups in total. The van der Waals surface area contributed by atoms with E-state index in [-0.39, 0.29) is 11.7 Å². The molecule has 0 aliphatic heterocycles. The van der Waals surface area contributed by atoms with Crippen LogP contribution in [0.5, 0.6) is 5.75 Å². The van der Waals surface area contributed by atoms with E-state index in [1.165, 1.54) is 0 Å². The Labute approximate surface area is 114 Å². The number of nitrogens with one attached hydrogen (secondary N) is 1. The third-order valence-electron chi connectivity index (χ3n) is 2.67. The summed E-state index contributed by atoms with van der Waals surface area (Å²) >= 11 is 3.37. The Kier molecular flexibility index (Phi) is 3.67. The van der Waals surface area contributed by atoms with E-state index in [2.05, 4.69) is 21.2 Å². The molecule has 4 heteroatoms. The lowest BCUT2D eigenvalue weighted by molar-refractivity contribution is 0.102. The first-order chi connectivity index (χ1) is 8.59. The van der Waals surface area contributed by atoms with Crippen molar-refractivity contribution in [2.24, 2.45) is 0 Å². The number of halogens is 1. The minimum atomic E-state index is -0.240. The Morgan fingerprint density at radius 3 is 2.61 bits per heavy atom. The highest BCUT2D eigenvalue weighted by molar-refractivity contribution is 9.10. The van der Waals surface area contributed by atoms with Gasteiger partial charge in [-0.3, -0.25) is 4.79 Å². The van der Waals surface area contributed by atoms with Gasteiger partial charge in [-0.15, -0.1) is 0 Å². The molecule has 92 valence electrons. The van der Waals surface area contributed by atoms with Gasteiger partial charge in [0, 0.05) is 15.6 Å². The number of hydrogen-bond donors (Lipinski definition) is 2. The summed E-state index contributed by atoms with van der Waals surface area (Å²) in [5, 5.41) is 12.4. The number of benzene rings is 2. The van der Waals surface area contributed by atoms with Gasteiger partial charge in [-0.05, 0) is 47.1 Å². The molecule has 0 heterocycles. The molecule has 2 rings (SSSR count). The zero-order valence-corrected chi connectivity index (χ0v) is 11.4.